The van der Waals surface area contributed by atoms with Gasteiger partial charge in [0.1, 0.15) is 0 Å². The lowest BCUT2D eigenvalue weighted by atomic mass is 9.81. The minimum absolute atomic E-state index is 0. The van der Waals surface area contributed by atoms with Crippen LogP contribution in [0.25, 0.3) is 0 Å². The van der Waals surface area contributed by atoms with E-state index in [2.05, 4.69) is 10.6 Å². The zero-order valence-corrected chi connectivity index (χ0v) is 7.82. The summed E-state index contributed by atoms with van der Waals surface area (Å²) in [6.45, 7) is 2.87. The summed E-state index contributed by atoms with van der Waals surface area (Å²) in [7, 11) is 0. The molecular weight excluding hydrogens is 176 g/mol. The number of rotatable bonds is 0. The number of hydrogen-bond acceptors (Lipinski definition) is 2. The lowest BCUT2D eigenvalue weighted by Crippen LogP contribution is -2.50. The van der Waals surface area contributed by atoms with Gasteiger partial charge in [0.05, 0.1) is 5.92 Å². The standard InChI is InChI=1S/C8H14N2O.ClH/c11-8-7-5-9-3-1-6(7)2-4-10-8;/h6-7,9H,1-5H2,(H,10,11);1H/t6-,7-;/m0./s1. The van der Waals surface area contributed by atoms with E-state index in [1.807, 2.05) is 0 Å². The van der Waals surface area contributed by atoms with Gasteiger partial charge in [-0.05, 0) is 25.3 Å². The van der Waals surface area contributed by atoms with Crippen LogP contribution in [-0.4, -0.2) is 25.5 Å². The summed E-state index contributed by atoms with van der Waals surface area (Å²) in [5.41, 5.74) is 0. The van der Waals surface area contributed by atoms with E-state index in [1.54, 1.807) is 0 Å². The third-order valence-corrected chi connectivity index (χ3v) is 2.78. The molecule has 2 aliphatic rings. The van der Waals surface area contributed by atoms with E-state index < -0.39 is 0 Å². The van der Waals surface area contributed by atoms with Crippen molar-refractivity contribution in [1.82, 2.24) is 10.6 Å². The molecule has 0 aromatic rings. The van der Waals surface area contributed by atoms with Gasteiger partial charge in [-0.25, -0.2) is 0 Å². The van der Waals surface area contributed by atoms with E-state index in [0.29, 0.717) is 5.92 Å². The quantitative estimate of drug-likeness (QED) is 0.571. The first-order chi connectivity index (χ1) is 5.38. The van der Waals surface area contributed by atoms with Gasteiger partial charge in [0, 0.05) is 13.1 Å². The Morgan fingerprint density at radius 1 is 1.25 bits per heavy atom. The van der Waals surface area contributed by atoms with Crippen molar-refractivity contribution in [1.29, 1.82) is 0 Å². The molecule has 0 unspecified atom stereocenters. The molecule has 2 atom stereocenters. The number of amides is 1. The second-order valence-electron chi connectivity index (χ2n) is 3.44. The maximum Gasteiger partial charge on any atom is 0.224 e. The SMILES string of the molecule is Cl.O=C1NCC[C@@H]2CCNC[C@H]12. The van der Waals surface area contributed by atoms with Crippen molar-refractivity contribution in [2.75, 3.05) is 19.6 Å². The number of piperidine rings is 2. The van der Waals surface area contributed by atoms with Crippen molar-refractivity contribution in [2.45, 2.75) is 12.8 Å². The predicted molar refractivity (Wildman–Crippen MR) is 49.3 cm³/mol. The Bertz CT molecular complexity index is 172. The third-order valence-electron chi connectivity index (χ3n) is 2.78. The smallest absolute Gasteiger partial charge is 0.224 e. The van der Waals surface area contributed by atoms with Gasteiger partial charge in [-0.15, -0.1) is 12.4 Å². The van der Waals surface area contributed by atoms with E-state index in [1.165, 1.54) is 12.8 Å². The normalized spacial score (nSPS) is 34.5. The van der Waals surface area contributed by atoms with Gasteiger partial charge in [-0.1, -0.05) is 0 Å². The second-order valence-corrected chi connectivity index (χ2v) is 3.44. The highest BCUT2D eigenvalue weighted by molar-refractivity contribution is 5.85. The fourth-order valence-corrected chi connectivity index (χ4v) is 2.08. The highest BCUT2D eigenvalue weighted by Crippen LogP contribution is 2.24. The Hall–Kier alpha value is -0.280. The number of carbonyl (C=O) groups excluding carboxylic acids is 1. The monoisotopic (exact) mass is 190 g/mol. The van der Waals surface area contributed by atoms with E-state index in [0.717, 1.165) is 19.6 Å². The molecule has 2 saturated heterocycles. The van der Waals surface area contributed by atoms with Crippen LogP contribution in [0.15, 0.2) is 0 Å². The molecule has 0 spiro atoms. The molecule has 3 nitrogen and oxygen atoms in total. The lowest BCUT2D eigenvalue weighted by molar-refractivity contribution is -0.129. The average molecular weight is 191 g/mol. The molecule has 0 saturated carbocycles. The summed E-state index contributed by atoms with van der Waals surface area (Å²) in [6.07, 6.45) is 2.36. The molecule has 2 fully saturated rings. The van der Waals surface area contributed by atoms with Gasteiger partial charge in [0.15, 0.2) is 0 Å². The van der Waals surface area contributed by atoms with E-state index in [-0.39, 0.29) is 24.2 Å². The zero-order chi connectivity index (χ0) is 7.68. The van der Waals surface area contributed by atoms with Gasteiger partial charge < -0.3 is 10.6 Å². The molecule has 12 heavy (non-hydrogen) atoms. The minimum Gasteiger partial charge on any atom is -0.356 e. The molecule has 4 heteroatoms. The van der Waals surface area contributed by atoms with E-state index >= 15 is 0 Å². The van der Waals surface area contributed by atoms with Gasteiger partial charge in [-0.2, -0.15) is 0 Å². The Morgan fingerprint density at radius 2 is 2.00 bits per heavy atom. The number of nitrogens with one attached hydrogen (secondary N) is 2. The van der Waals surface area contributed by atoms with E-state index in [4.69, 9.17) is 0 Å². The van der Waals surface area contributed by atoms with Gasteiger partial charge in [0.25, 0.3) is 0 Å². The van der Waals surface area contributed by atoms with Crippen molar-refractivity contribution < 1.29 is 4.79 Å². The molecule has 70 valence electrons. The van der Waals surface area contributed by atoms with Crippen LogP contribution in [0.2, 0.25) is 0 Å². The van der Waals surface area contributed by atoms with Crippen molar-refractivity contribution in [3.05, 3.63) is 0 Å². The largest absolute Gasteiger partial charge is 0.356 e. The molecule has 2 aliphatic heterocycles. The van der Waals surface area contributed by atoms with E-state index in [9.17, 15) is 4.79 Å². The molecule has 2 heterocycles. The van der Waals surface area contributed by atoms with Gasteiger partial charge in [0.2, 0.25) is 5.91 Å². The number of hydrogen-bond donors (Lipinski definition) is 2. The number of halogens is 1. The highest BCUT2D eigenvalue weighted by Gasteiger charge is 2.33. The molecule has 2 rings (SSSR count). The fraction of sp³-hybridized carbons (Fsp3) is 0.875. The summed E-state index contributed by atoms with van der Waals surface area (Å²) in [5, 5.41) is 6.16. The van der Waals surface area contributed by atoms with Crippen LogP contribution in [0, 0.1) is 11.8 Å². The summed E-state index contributed by atoms with van der Waals surface area (Å²) in [5.74, 6) is 1.18. The van der Waals surface area contributed by atoms with Crippen molar-refractivity contribution in [2.24, 2.45) is 11.8 Å². The van der Waals surface area contributed by atoms with Crippen molar-refractivity contribution >= 4 is 18.3 Å². The summed E-state index contributed by atoms with van der Waals surface area (Å²) in [4.78, 5) is 11.3. The Labute approximate surface area is 78.7 Å². The van der Waals surface area contributed by atoms with Crippen LogP contribution in [0.1, 0.15) is 12.8 Å². The summed E-state index contributed by atoms with van der Waals surface area (Å²) >= 11 is 0. The minimum atomic E-state index is 0. The Morgan fingerprint density at radius 3 is 2.75 bits per heavy atom. The van der Waals surface area contributed by atoms with Crippen molar-refractivity contribution in [3.63, 3.8) is 0 Å². The zero-order valence-electron chi connectivity index (χ0n) is 7.01. The Kier molecular flexibility index (Phi) is 3.35. The van der Waals surface area contributed by atoms with Crippen LogP contribution in [0.3, 0.4) is 0 Å². The second kappa shape index (κ2) is 4.10. The fourth-order valence-electron chi connectivity index (χ4n) is 2.08. The maximum absolute atomic E-state index is 11.3. The average Bonchev–Trinajstić information content (AvgIpc) is 2.06. The number of carbonyl (C=O) groups is 1. The topological polar surface area (TPSA) is 41.1 Å². The highest BCUT2D eigenvalue weighted by atomic mass is 35.5. The molecule has 1 amide bonds. The molecule has 0 bridgehead atoms. The summed E-state index contributed by atoms with van der Waals surface area (Å²) < 4.78 is 0. The predicted octanol–water partition coefficient (Wildman–Crippen LogP) is 0.154. The van der Waals surface area contributed by atoms with Gasteiger partial charge in [-0.3, -0.25) is 4.79 Å². The van der Waals surface area contributed by atoms with Crippen LogP contribution in [0.5, 0.6) is 0 Å². The molecule has 2 N–H and O–H groups in total. The van der Waals surface area contributed by atoms with Crippen molar-refractivity contribution in [3.8, 4) is 0 Å². The first-order valence-corrected chi connectivity index (χ1v) is 4.36. The van der Waals surface area contributed by atoms with Gasteiger partial charge >= 0.3 is 0 Å². The molecule has 0 aromatic carbocycles. The Balaban J connectivity index is 0.000000720. The van der Waals surface area contributed by atoms with Crippen LogP contribution in [-0.2, 0) is 4.79 Å². The van der Waals surface area contributed by atoms with Crippen LogP contribution < -0.4 is 10.6 Å². The first kappa shape index (κ1) is 9.81. The summed E-state index contributed by atoms with van der Waals surface area (Å²) in [6, 6.07) is 0. The molecule has 0 aliphatic carbocycles. The third kappa shape index (κ3) is 1.72. The molecule has 0 radical (unpaired) electrons. The first-order valence-electron chi connectivity index (χ1n) is 4.36. The number of fused-ring (bicyclic) bond motifs is 1. The van der Waals surface area contributed by atoms with Crippen LogP contribution in [0.4, 0.5) is 0 Å². The van der Waals surface area contributed by atoms with Crippen LogP contribution >= 0.6 is 12.4 Å². The molecular formula is C8H15ClN2O. The maximum atomic E-state index is 11.3. The molecule has 0 aromatic heterocycles. The lowest BCUT2D eigenvalue weighted by Gasteiger charge is -2.34.